The molecule has 0 aliphatic rings. The van der Waals surface area contributed by atoms with E-state index in [0.717, 1.165) is 12.2 Å². The van der Waals surface area contributed by atoms with Crippen LogP contribution in [0, 0.1) is 10.1 Å². The van der Waals surface area contributed by atoms with Crippen molar-refractivity contribution in [1.82, 2.24) is 5.32 Å². The van der Waals surface area contributed by atoms with E-state index in [9.17, 15) is 14.9 Å². The van der Waals surface area contributed by atoms with Crippen LogP contribution in [0.4, 0.5) is 11.4 Å². The highest BCUT2D eigenvalue weighted by Gasteiger charge is 2.21. The largest absolute Gasteiger partial charge is 0.379 e. The van der Waals surface area contributed by atoms with Gasteiger partial charge in [0.05, 0.1) is 10.5 Å². The molecule has 0 fully saturated rings. The third-order valence-corrected chi connectivity index (χ3v) is 3.66. The molecule has 2 N–H and O–H groups in total. The van der Waals surface area contributed by atoms with Crippen LogP contribution < -0.4 is 10.6 Å². The van der Waals surface area contributed by atoms with Gasteiger partial charge >= 0.3 is 0 Å². The van der Waals surface area contributed by atoms with Gasteiger partial charge < -0.3 is 10.6 Å². The molecular formula is C14H21N3O3S. The minimum atomic E-state index is -0.472. The Bertz CT molecular complexity index is 508. The molecule has 1 aromatic rings. The van der Waals surface area contributed by atoms with E-state index in [2.05, 4.69) is 10.6 Å². The summed E-state index contributed by atoms with van der Waals surface area (Å²) in [6.45, 7) is 4.44. The molecule has 0 aliphatic carbocycles. The van der Waals surface area contributed by atoms with Crippen molar-refractivity contribution in [3.8, 4) is 0 Å². The van der Waals surface area contributed by atoms with E-state index < -0.39 is 4.92 Å². The third-order valence-electron chi connectivity index (χ3n) is 2.83. The summed E-state index contributed by atoms with van der Waals surface area (Å²) >= 11 is 1.63. The minimum absolute atomic E-state index is 0.00536. The Morgan fingerprint density at radius 1 is 1.48 bits per heavy atom. The van der Waals surface area contributed by atoms with E-state index in [4.69, 9.17) is 0 Å². The van der Waals surface area contributed by atoms with E-state index in [0.29, 0.717) is 17.8 Å². The summed E-state index contributed by atoms with van der Waals surface area (Å²) in [5.41, 5.74) is 0.525. The van der Waals surface area contributed by atoms with Gasteiger partial charge in [0.2, 0.25) is 0 Å². The fourth-order valence-corrected chi connectivity index (χ4v) is 2.49. The average molecular weight is 311 g/mol. The van der Waals surface area contributed by atoms with Crippen molar-refractivity contribution in [2.24, 2.45) is 0 Å². The highest BCUT2D eigenvalue weighted by molar-refractivity contribution is 7.98. The molecule has 1 aromatic carbocycles. The molecular weight excluding hydrogens is 290 g/mol. The molecule has 0 saturated carbocycles. The molecule has 1 amide bonds. The number of carbonyl (C=O) groups excluding carboxylic acids is 1. The molecule has 1 unspecified atom stereocenters. The lowest BCUT2D eigenvalue weighted by molar-refractivity contribution is -0.384. The zero-order chi connectivity index (χ0) is 15.8. The van der Waals surface area contributed by atoms with E-state index in [1.165, 1.54) is 12.1 Å². The van der Waals surface area contributed by atoms with Gasteiger partial charge in [-0.3, -0.25) is 14.9 Å². The van der Waals surface area contributed by atoms with Crippen LogP contribution >= 0.6 is 11.8 Å². The fourth-order valence-electron chi connectivity index (χ4n) is 1.91. The molecule has 0 bridgehead atoms. The summed E-state index contributed by atoms with van der Waals surface area (Å²) in [6.07, 6.45) is 2.78. The summed E-state index contributed by atoms with van der Waals surface area (Å²) < 4.78 is 0. The van der Waals surface area contributed by atoms with E-state index in [-0.39, 0.29) is 17.6 Å². The number of amides is 1. The minimum Gasteiger partial charge on any atom is -0.379 e. The Morgan fingerprint density at radius 3 is 2.76 bits per heavy atom. The van der Waals surface area contributed by atoms with Crippen LogP contribution in [-0.2, 0) is 0 Å². The van der Waals surface area contributed by atoms with Crippen LogP contribution in [0.3, 0.4) is 0 Å². The van der Waals surface area contributed by atoms with Crippen molar-refractivity contribution < 1.29 is 9.72 Å². The van der Waals surface area contributed by atoms with Gasteiger partial charge in [-0.05, 0) is 25.7 Å². The summed E-state index contributed by atoms with van der Waals surface area (Å²) in [6, 6.07) is 4.54. The smallest absolute Gasteiger partial charge is 0.293 e. The monoisotopic (exact) mass is 311 g/mol. The van der Waals surface area contributed by atoms with Crippen molar-refractivity contribution in [1.29, 1.82) is 0 Å². The normalized spacial score (nSPS) is 11.8. The Balaban J connectivity index is 3.06. The molecule has 1 atom stereocenters. The maximum absolute atomic E-state index is 12.3. The topological polar surface area (TPSA) is 84.3 Å². The number of para-hydroxylation sites is 1. The van der Waals surface area contributed by atoms with Crippen LogP contribution in [0.25, 0.3) is 0 Å². The van der Waals surface area contributed by atoms with Gasteiger partial charge in [0, 0.05) is 24.4 Å². The number of thioether (sulfide) groups is 1. The van der Waals surface area contributed by atoms with Gasteiger partial charge in [-0.25, -0.2) is 0 Å². The molecule has 6 nitrogen and oxygen atoms in total. The Hall–Kier alpha value is -1.76. The predicted molar refractivity (Wildman–Crippen MR) is 87.2 cm³/mol. The maximum atomic E-state index is 12.3. The van der Waals surface area contributed by atoms with Crippen LogP contribution in [0.1, 0.15) is 30.6 Å². The van der Waals surface area contributed by atoms with Crippen molar-refractivity contribution in [3.63, 3.8) is 0 Å². The Kier molecular flexibility index (Phi) is 7.01. The van der Waals surface area contributed by atoms with Crippen LogP contribution in [0.15, 0.2) is 18.2 Å². The number of carbonyl (C=O) groups is 1. The van der Waals surface area contributed by atoms with E-state index in [1.807, 2.05) is 20.1 Å². The van der Waals surface area contributed by atoms with Crippen LogP contribution in [0.2, 0.25) is 0 Å². The predicted octanol–water partition coefficient (Wildman–Crippen LogP) is 2.90. The Morgan fingerprint density at radius 2 is 2.19 bits per heavy atom. The zero-order valence-corrected chi connectivity index (χ0v) is 13.3. The number of hydrogen-bond donors (Lipinski definition) is 2. The van der Waals surface area contributed by atoms with Crippen LogP contribution in [0.5, 0.6) is 0 Å². The second kappa shape index (κ2) is 8.51. The number of anilines is 1. The lowest BCUT2D eigenvalue weighted by atomic mass is 10.1. The molecule has 116 valence electrons. The van der Waals surface area contributed by atoms with Crippen LogP contribution in [-0.4, -0.2) is 35.4 Å². The van der Waals surface area contributed by atoms with Crippen molar-refractivity contribution in [2.75, 3.05) is 23.9 Å². The molecule has 1 rings (SSSR count). The second-order valence-corrected chi connectivity index (χ2v) is 5.62. The third kappa shape index (κ3) is 4.93. The lowest BCUT2D eigenvalue weighted by Crippen LogP contribution is -2.34. The van der Waals surface area contributed by atoms with Crippen molar-refractivity contribution in [2.45, 2.75) is 26.3 Å². The zero-order valence-electron chi connectivity index (χ0n) is 12.5. The molecule has 0 radical (unpaired) electrons. The van der Waals surface area contributed by atoms with Gasteiger partial charge in [0.25, 0.3) is 11.6 Å². The number of nitrogens with one attached hydrogen (secondary N) is 2. The number of nitro groups is 1. The number of nitrogens with zero attached hydrogens (tertiary/aromatic N) is 1. The standard InChI is InChI=1S/C14H21N3O3S/c1-4-8-15-13-11(6-5-7-12(13)17(19)20)14(18)16-10(2)9-21-3/h5-7,10,15H,4,8-9H2,1-3H3,(H,16,18). The lowest BCUT2D eigenvalue weighted by Gasteiger charge is -2.15. The summed E-state index contributed by atoms with van der Waals surface area (Å²) in [7, 11) is 0. The number of nitro benzene ring substituents is 1. The summed E-state index contributed by atoms with van der Waals surface area (Å²) in [5, 5.41) is 17.0. The first-order valence-corrected chi connectivity index (χ1v) is 8.21. The first kappa shape index (κ1) is 17.3. The number of benzene rings is 1. The van der Waals surface area contributed by atoms with E-state index >= 15 is 0 Å². The summed E-state index contributed by atoms with van der Waals surface area (Å²) in [4.78, 5) is 22.9. The highest BCUT2D eigenvalue weighted by atomic mass is 32.2. The maximum Gasteiger partial charge on any atom is 0.293 e. The SMILES string of the molecule is CCCNc1c(C(=O)NC(C)CSC)cccc1[N+](=O)[O-]. The highest BCUT2D eigenvalue weighted by Crippen LogP contribution is 2.28. The molecule has 0 saturated heterocycles. The van der Waals surface area contributed by atoms with E-state index in [1.54, 1.807) is 17.8 Å². The molecule has 0 spiro atoms. The molecule has 0 aromatic heterocycles. The Labute approximate surface area is 128 Å². The van der Waals surface area contributed by atoms with Gasteiger partial charge in [-0.1, -0.05) is 13.0 Å². The first-order chi connectivity index (χ1) is 10.0. The first-order valence-electron chi connectivity index (χ1n) is 6.82. The average Bonchev–Trinajstić information content (AvgIpc) is 2.44. The molecule has 0 aliphatic heterocycles. The quantitative estimate of drug-likeness (QED) is 0.569. The molecule has 7 heteroatoms. The molecule has 21 heavy (non-hydrogen) atoms. The van der Waals surface area contributed by atoms with Crippen molar-refractivity contribution >= 4 is 29.0 Å². The number of hydrogen-bond acceptors (Lipinski definition) is 5. The number of rotatable bonds is 8. The van der Waals surface area contributed by atoms with Crippen molar-refractivity contribution in [3.05, 3.63) is 33.9 Å². The van der Waals surface area contributed by atoms with Gasteiger partial charge in [0.15, 0.2) is 0 Å². The summed E-state index contributed by atoms with van der Waals surface area (Å²) in [5.74, 6) is 0.497. The van der Waals surface area contributed by atoms with Gasteiger partial charge in [-0.2, -0.15) is 11.8 Å². The molecule has 0 heterocycles. The van der Waals surface area contributed by atoms with Gasteiger partial charge in [0.1, 0.15) is 5.69 Å². The second-order valence-electron chi connectivity index (χ2n) is 4.71. The van der Waals surface area contributed by atoms with Gasteiger partial charge in [-0.15, -0.1) is 0 Å². The fraction of sp³-hybridized carbons (Fsp3) is 0.500.